The molecule has 0 aromatic heterocycles. The van der Waals surface area contributed by atoms with Gasteiger partial charge in [-0.05, 0) is 54.8 Å². The number of hydrogen-bond donors (Lipinski definition) is 1. The summed E-state index contributed by atoms with van der Waals surface area (Å²) in [5, 5.41) is 2.78. The predicted octanol–water partition coefficient (Wildman–Crippen LogP) is 4.32. The average molecular weight is 465 g/mol. The lowest BCUT2D eigenvalue weighted by Crippen LogP contribution is -2.25. The molecule has 0 radical (unpaired) electrons. The molecule has 170 valence electrons. The number of benzene rings is 3. The lowest BCUT2D eigenvalue weighted by Gasteiger charge is -2.18. The maximum atomic E-state index is 13.0. The van der Waals surface area contributed by atoms with Gasteiger partial charge in [0.15, 0.2) is 0 Å². The Kier molecular flexibility index (Phi) is 6.46. The smallest absolute Gasteiger partial charge is 0.340 e. The highest BCUT2D eigenvalue weighted by Gasteiger charge is 2.28. The Morgan fingerprint density at radius 1 is 0.970 bits per heavy atom. The number of ether oxygens (including phenoxy) is 1. The van der Waals surface area contributed by atoms with Gasteiger partial charge in [-0.3, -0.25) is 9.10 Å². The largest absolute Gasteiger partial charge is 0.462 e. The van der Waals surface area contributed by atoms with E-state index in [9.17, 15) is 18.0 Å². The van der Waals surface area contributed by atoms with Crippen LogP contribution in [-0.4, -0.2) is 39.2 Å². The number of carbonyl (C=O) groups is 2. The molecule has 3 aromatic rings. The molecule has 4 rings (SSSR count). The molecule has 1 saturated heterocycles. The summed E-state index contributed by atoms with van der Waals surface area (Å²) >= 11 is 0. The van der Waals surface area contributed by atoms with E-state index in [1.165, 1.54) is 4.31 Å². The van der Waals surface area contributed by atoms with E-state index < -0.39 is 21.9 Å². The molecule has 8 heteroatoms. The first-order valence-corrected chi connectivity index (χ1v) is 12.3. The summed E-state index contributed by atoms with van der Waals surface area (Å²) in [5.41, 5.74) is 3.04. The van der Waals surface area contributed by atoms with Gasteiger partial charge in [0.25, 0.3) is 5.91 Å². The summed E-state index contributed by atoms with van der Waals surface area (Å²) in [6, 6.07) is 21.2. The first-order chi connectivity index (χ1) is 15.9. The van der Waals surface area contributed by atoms with Crippen molar-refractivity contribution in [2.75, 3.05) is 28.5 Å². The van der Waals surface area contributed by atoms with E-state index in [1.54, 1.807) is 43.3 Å². The fourth-order valence-corrected chi connectivity index (χ4v) is 5.32. The van der Waals surface area contributed by atoms with E-state index in [1.807, 2.05) is 36.4 Å². The molecule has 7 nitrogen and oxygen atoms in total. The SMILES string of the molecule is CCOC(=O)c1cc(-c2ccccc2)ccc1NC(=O)c1cccc(N2CCCS2(=O)=O)c1. The molecule has 0 unspecified atom stereocenters. The third-order valence-corrected chi connectivity index (χ3v) is 7.24. The van der Waals surface area contributed by atoms with Gasteiger partial charge >= 0.3 is 5.97 Å². The molecule has 1 amide bonds. The summed E-state index contributed by atoms with van der Waals surface area (Å²) in [7, 11) is -3.36. The number of rotatable bonds is 6. The summed E-state index contributed by atoms with van der Waals surface area (Å²) in [6.45, 7) is 2.31. The molecule has 0 saturated carbocycles. The van der Waals surface area contributed by atoms with Gasteiger partial charge < -0.3 is 10.1 Å². The molecule has 1 aliphatic rings. The van der Waals surface area contributed by atoms with Crippen molar-refractivity contribution in [1.82, 2.24) is 0 Å². The second-order valence-corrected chi connectivity index (χ2v) is 9.61. The van der Waals surface area contributed by atoms with E-state index >= 15 is 0 Å². The van der Waals surface area contributed by atoms with Crippen LogP contribution in [0.2, 0.25) is 0 Å². The van der Waals surface area contributed by atoms with Gasteiger partial charge in [0.1, 0.15) is 0 Å². The molecule has 1 heterocycles. The zero-order chi connectivity index (χ0) is 23.4. The van der Waals surface area contributed by atoms with Gasteiger partial charge in [0.2, 0.25) is 10.0 Å². The summed E-state index contributed by atoms with van der Waals surface area (Å²) in [5.74, 6) is -0.894. The number of hydrogen-bond acceptors (Lipinski definition) is 5. The Bertz CT molecular complexity index is 1290. The van der Waals surface area contributed by atoms with Gasteiger partial charge in [0, 0.05) is 12.1 Å². The third-order valence-electron chi connectivity index (χ3n) is 5.37. The van der Waals surface area contributed by atoms with Crippen molar-refractivity contribution in [3.05, 3.63) is 83.9 Å². The normalized spacial score (nSPS) is 14.6. The topological polar surface area (TPSA) is 92.8 Å². The van der Waals surface area contributed by atoms with Crippen LogP contribution in [0.15, 0.2) is 72.8 Å². The standard InChI is InChI=1S/C25H24N2O5S/c1-2-32-25(29)22-17-19(18-8-4-3-5-9-18)12-13-23(22)26-24(28)20-10-6-11-21(16-20)27-14-7-15-33(27,30)31/h3-6,8-13,16-17H,2,7,14-15H2,1H3,(H,26,28). The van der Waals surface area contributed by atoms with E-state index in [0.29, 0.717) is 24.3 Å². The average Bonchev–Trinajstić information content (AvgIpc) is 3.19. The number of amides is 1. The van der Waals surface area contributed by atoms with Crippen LogP contribution in [0.3, 0.4) is 0 Å². The number of nitrogens with zero attached hydrogens (tertiary/aromatic N) is 1. The van der Waals surface area contributed by atoms with Crippen LogP contribution in [0, 0.1) is 0 Å². The fraction of sp³-hybridized carbons (Fsp3) is 0.200. The van der Waals surface area contributed by atoms with Crippen molar-refractivity contribution in [2.24, 2.45) is 0 Å². The summed E-state index contributed by atoms with van der Waals surface area (Å²) in [4.78, 5) is 25.6. The zero-order valence-corrected chi connectivity index (χ0v) is 19.0. The number of sulfonamides is 1. The quantitative estimate of drug-likeness (QED) is 0.549. The highest BCUT2D eigenvalue weighted by atomic mass is 32.2. The minimum Gasteiger partial charge on any atom is -0.462 e. The summed E-state index contributed by atoms with van der Waals surface area (Å²) < 4.78 is 31.0. The Balaban J connectivity index is 1.64. The minimum atomic E-state index is -3.36. The van der Waals surface area contributed by atoms with E-state index in [-0.39, 0.29) is 23.5 Å². The lowest BCUT2D eigenvalue weighted by molar-refractivity contribution is 0.0527. The lowest BCUT2D eigenvalue weighted by atomic mass is 10.0. The first kappa shape index (κ1) is 22.5. The van der Waals surface area contributed by atoms with Gasteiger partial charge in [0.05, 0.1) is 29.3 Å². The molecule has 0 atom stereocenters. The highest BCUT2D eigenvalue weighted by molar-refractivity contribution is 7.93. The van der Waals surface area contributed by atoms with Crippen LogP contribution in [0.25, 0.3) is 11.1 Å². The predicted molar refractivity (Wildman–Crippen MR) is 128 cm³/mol. The molecule has 1 aliphatic heterocycles. The van der Waals surface area contributed by atoms with Crippen molar-refractivity contribution in [3.63, 3.8) is 0 Å². The third kappa shape index (κ3) is 4.90. The number of carbonyl (C=O) groups excluding carboxylic acids is 2. The van der Waals surface area contributed by atoms with Crippen LogP contribution >= 0.6 is 0 Å². The van der Waals surface area contributed by atoms with Crippen molar-refractivity contribution >= 4 is 33.3 Å². The highest BCUT2D eigenvalue weighted by Crippen LogP contribution is 2.28. The molecule has 33 heavy (non-hydrogen) atoms. The number of nitrogens with one attached hydrogen (secondary N) is 1. The molecule has 1 N–H and O–H groups in total. The first-order valence-electron chi connectivity index (χ1n) is 10.7. The number of anilines is 2. The van der Waals surface area contributed by atoms with Crippen LogP contribution in [0.1, 0.15) is 34.1 Å². The van der Waals surface area contributed by atoms with E-state index in [2.05, 4.69) is 5.32 Å². The summed E-state index contributed by atoms with van der Waals surface area (Å²) in [6.07, 6.45) is 0.551. The molecular weight excluding hydrogens is 440 g/mol. The van der Waals surface area contributed by atoms with Gasteiger partial charge in [-0.15, -0.1) is 0 Å². The second kappa shape index (κ2) is 9.46. The maximum Gasteiger partial charge on any atom is 0.340 e. The Hall–Kier alpha value is -3.65. The molecule has 1 fully saturated rings. The molecule has 0 spiro atoms. The van der Waals surface area contributed by atoms with Gasteiger partial charge in [-0.1, -0.05) is 42.5 Å². The Morgan fingerprint density at radius 3 is 2.45 bits per heavy atom. The van der Waals surface area contributed by atoms with Gasteiger partial charge in [-0.2, -0.15) is 0 Å². The van der Waals surface area contributed by atoms with E-state index in [4.69, 9.17) is 4.74 Å². The maximum absolute atomic E-state index is 13.0. The number of esters is 1. The van der Waals surface area contributed by atoms with Crippen molar-refractivity contribution < 1.29 is 22.7 Å². The van der Waals surface area contributed by atoms with E-state index in [0.717, 1.165) is 11.1 Å². The molecule has 0 bridgehead atoms. The Labute approximate surface area is 193 Å². The molecule has 0 aliphatic carbocycles. The fourth-order valence-electron chi connectivity index (χ4n) is 3.77. The minimum absolute atomic E-state index is 0.0973. The Morgan fingerprint density at radius 2 is 1.76 bits per heavy atom. The van der Waals surface area contributed by atoms with Crippen LogP contribution in [0.5, 0.6) is 0 Å². The van der Waals surface area contributed by atoms with Crippen LogP contribution < -0.4 is 9.62 Å². The second-order valence-electron chi connectivity index (χ2n) is 7.59. The van der Waals surface area contributed by atoms with Crippen LogP contribution in [0.4, 0.5) is 11.4 Å². The van der Waals surface area contributed by atoms with Crippen molar-refractivity contribution in [1.29, 1.82) is 0 Å². The van der Waals surface area contributed by atoms with Crippen LogP contribution in [-0.2, 0) is 14.8 Å². The monoisotopic (exact) mass is 464 g/mol. The van der Waals surface area contributed by atoms with Gasteiger partial charge in [-0.25, -0.2) is 13.2 Å². The molecular formula is C25H24N2O5S. The zero-order valence-electron chi connectivity index (χ0n) is 18.2. The van der Waals surface area contributed by atoms with Crippen molar-refractivity contribution in [2.45, 2.75) is 13.3 Å². The molecule has 3 aromatic carbocycles. The van der Waals surface area contributed by atoms with Crippen molar-refractivity contribution in [3.8, 4) is 11.1 Å².